The normalized spacial score (nSPS) is 17.2. The zero-order chi connectivity index (χ0) is 26.3. The molecule has 1 N–H and O–H groups in total. The lowest BCUT2D eigenvalue weighted by Crippen LogP contribution is -2.23. The van der Waals surface area contributed by atoms with Crippen molar-refractivity contribution in [3.8, 4) is 16.9 Å². The van der Waals surface area contributed by atoms with Crippen LogP contribution in [0.2, 0.25) is 0 Å². The first-order valence-electron chi connectivity index (χ1n) is 11.4. The number of aromatic nitrogens is 2. The van der Waals surface area contributed by atoms with E-state index in [1.165, 1.54) is 30.5 Å². The van der Waals surface area contributed by atoms with Crippen LogP contribution in [-0.2, 0) is 6.54 Å². The van der Waals surface area contributed by atoms with Gasteiger partial charge in [-0.05, 0) is 42.8 Å². The second-order valence-corrected chi connectivity index (χ2v) is 9.27. The maximum Gasteiger partial charge on any atom is 0.487 e. The molecule has 12 heteroatoms. The topological polar surface area (TPSA) is 87.7 Å². The third-order valence-electron chi connectivity index (χ3n) is 6.15. The highest BCUT2D eigenvalue weighted by Crippen LogP contribution is 2.34. The molecular weight excluding hydrogens is 511 g/mol. The van der Waals surface area contributed by atoms with Gasteiger partial charge >= 0.3 is 5.57 Å². The molecule has 0 radical (unpaired) electrons. The van der Waals surface area contributed by atoms with Crippen molar-refractivity contribution in [3.05, 3.63) is 65.6 Å². The van der Waals surface area contributed by atoms with E-state index in [0.29, 0.717) is 53.4 Å². The second kappa shape index (κ2) is 9.55. The first kappa shape index (κ1) is 24.8. The van der Waals surface area contributed by atoms with Crippen molar-refractivity contribution >= 4 is 34.9 Å². The molecular formula is C25H21ClF3N5O3. The number of ether oxygens (including phenoxy) is 1. The molecule has 192 valence electrons. The molecule has 0 saturated carbocycles. The number of hydrogen-bond acceptors (Lipinski definition) is 6. The molecule has 0 spiro atoms. The summed E-state index contributed by atoms with van der Waals surface area (Å²) < 4.78 is 43.9. The molecule has 1 saturated heterocycles. The van der Waals surface area contributed by atoms with Crippen molar-refractivity contribution in [2.75, 3.05) is 30.4 Å². The first-order valence-corrected chi connectivity index (χ1v) is 11.8. The zero-order valence-electron chi connectivity index (χ0n) is 19.6. The maximum atomic E-state index is 14.0. The van der Waals surface area contributed by atoms with Gasteiger partial charge in [0, 0.05) is 54.4 Å². The number of hydrogen-bond donors (Lipinski definition) is 1. The van der Waals surface area contributed by atoms with Gasteiger partial charge in [0.2, 0.25) is 0 Å². The van der Waals surface area contributed by atoms with E-state index in [1.54, 1.807) is 35.2 Å². The summed E-state index contributed by atoms with van der Waals surface area (Å²) >= 11 is 4.77. The predicted octanol–water partition coefficient (Wildman–Crippen LogP) is 4.70. The molecule has 1 atom stereocenters. The van der Waals surface area contributed by atoms with Crippen molar-refractivity contribution in [3.63, 3.8) is 0 Å². The van der Waals surface area contributed by atoms with E-state index < -0.39 is 17.6 Å². The number of carbonyl (C=O) groups is 2. The van der Waals surface area contributed by atoms with E-state index in [9.17, 15) is 22.8 Å². The van der Waals surface area contributed by atoms with Gasteiger partial charge in [-0.15, -0.1) is 8.78 Å². The molecule has 4 heterocycles. The molecule has 1 aromatic carbocycles. The van der Waals surface area contributed by atoms with Crippen LogP contribution in [0.3, 0.4) is 0 Å². The molecule has 2 aromatic heterocycles. The third-order valence-corrected chi connectivity index (χ3v) is 6.23. The van der Waals surface area contributed by atoms with Gasteiger partial charge in [-0.3, -0.25) is 14.6 Å². The van der Waals surface area contributed by atoms with Gasteiger partial charge in [0.15, 0.2) is 0 Å². The van der Waals surface area contributed by atoms with E-state index in [-0.39, 0.29) is 23.8 Å². The van der Waals surface area contributed by atoms with Crippen LogP contribution in [0.15, 0.2) is 48.8 Å². The summed E-state index contributed by atoms with van der Waals surface area (Å²) in [6, 6.07) is 8.58. The molecule has 0 unspecified atom stereocenters. The average Bonchev–Trinajstić information content (AvgIpc) is 3.41. The fraction of sp³-hybridized carbons (Fsp3) is 0.280. The largest absolute Gasteiger partial charge is 0.487 e. The number of nitrogens with one attached hydrogen (secondary N) is 1. The van der Waals surface area contributed by atoms with Crippen LogP contribution in [0.5, 0.6) is 5.75 Å². The number of benzene rings is 1. The molecule has 37 heavy (non-hydrogen) atoms. The van der Waals surface area contributed by atoms with Gasteiger partial charge in [-0.1, -0.05) is 0 Å². The van der Waals surface area contributed by atoms with Gasteiger partial charge in [0.25, 0.3) is 11.8 Å². The lowest BCUT2D eigenvalue weighted by atomic mass is 10.0. The van der Waals surface area contributed by atoms with Crippen LogP contribution in [0.25, 0.3) is 11.1 Å². The lowest BCUT2D eigenvalue weighted by Gasteiger charge is -2.21. The van der Waals surface area contributed by atoms with E-state index in [2.05, 4.69) is 20.0 Å². The number of halogens is 4. The summed E-state index contributed by atoms with van der Waals surface area (Å²) in [5, 5.41) is 2.67. The van der Waals surface area contributed by atoms with Crippen molar-refractivity contribution < 1.29 is 27.5 Å². The minimum Gasteiger partial charge on any atom is -0.420 e. The van der Waals surface area contributed by atoms with E-state index in [0.717, 1.165) is 0 Å². The fourth-order valence-corrected chi connectivity index (χ4v) is 4.44. The number of alkyl halides is 4. The molecule has 5 rings (SSSR count). The molecule has 3 aromatic rings. The SMILES string of the molecule is CN1Cc2ncc(-c3cc(C(=O)Nc4ccc(OC(F)(F)Cl)cc4)cnc3N3CC[C@@H](F)C3)cc2C1=O. The summed E-state index contributed by atoms with van der Waals surface area (Å²) in [7, 11) is 1.69. The van der Waals surface area contributed by atoms with Crippen LogP contribution in [0.1, 0.15) is 32.8 Å². The Kier molecular flexibility index (Phi) is 6.40. The van der Waals surface area contributed by atoms with Gasteiger partial charge < -0.3 is 19.9 Å². The van der Waals surface area contributed by atoms with Crippen molar-refractivity contribution in [1.82, 2.24) is 14.9 Å². The Morgan fingerprint density at radius 1 is 1.16 bits per heavy atom. The number of rotatable bonds is 6. The Morgan fingerprint density at radius 2 is 1.92 bits per heavy atom. The fourth-order valence-electron chi connectivity index (χ4n) is 4.35. The van der Waals surface area contributed by atoms with Crippen molar-refractivity contribution in [2.45, 2.75) is 24.7 Å². The summed E-state index contributed by atoms with van der Waals surface area (Å²) in [6.45, 7) is 1.04. The maximum absolute atomic E-state index is 14.0. The van der Waals surface area contributed by atoms with E-state index in [4.69, 9.17) is 11.6 Å². The number of amides is 2. The van der Waals surface area contributed by atoms with E-state index in [1.807, 2.05) is 0 Å². The van der Waals surface area contributed by atoms with Crippen molar-refractivity contribution in [1.29, 1.82) is 0 Å². The molecule has 0 aliphatic carbocycles. The lowest BCUT2D eigenvalue weighted by molar-refractivity contribution is -0.0964. The van der Waals surface area contributed by atoms with Crippen LogP contribution < -0.4 is 15.0 Å². The smallest absolute Gasteiger partial charge is 0.420 e. The highest BCUT2D eigenvalue weighted by Gasteiger charge is 2.30. The van der Waals surface area contributed by atoms with Gasteiger partial charge in [-0.2, -0.15) is 0 Å². The Balaban J connectivity index is 1.45. The number of nitrogens with zero attached hydrogens (tertiary/aromatic N) is 4. The van der Waals surface area contributed by atoms with Crippen LogP contribution >= 0.6 is 11.6 Å². The summed E-state index contributed by atoms with van der Waals surface area (Å²) in [6.07, 6.45) is 2.37. The monoisotopic (exact) mass is 531 g/mol. The standard InChI is InChI=1S/C25H21ClF3N5O3/c1-33-13-21-20(24(33)36)8-14(10-30-21)19-9-15(11-31-22(19)34-7-6-16(27)12-34)23(35)32-17-2-4-18(5-3-17)37-25(26,28)29/h2-5,8-11,16H,6-7,12-13H2,1H3,(H,32,35)/t16-/m1/s1. The highest BCUT2D eigenvalue weighted by atomic mass is 35.5. The molecule has 2 amide bonds. The van der Waals surface area contributed by atoms with Gasteiger partial charge in [-0.25, -0.2) is 9.37 Å². The summed E-state index contributed by atoms with van der Waals surface area (Å²) in [4.78, 5) is 37.8. The van der Waals surface area contributed by atoms with E-state index >= 15 is 0 Å². The molecule has 8 nitrogen and oxygen atoms in total. The molecule has 1 fully saturated rings. The number of pyridine rings is 2. The molecule has 2 aliphatic heterocycles. The number of carbonyl (C=O) groups excluding carboxylic acids is 2. The number of fused-ring (bicyclic) bond motifs is 1. The predicted molar refractivity (Wildman–Crippen MR) is 131 cm³/mol. The zero-order valence-corrected chi connectivity index (χ0v) is 20.3. The Bertz CT molecular complexity index is 1370. The molecule has 2 aliphatic rings. The quantitative estimate of drug-likeness (QED) is 0.464. The van der Waals surface area contributed by atoms with Crippen molar-refractivity contribution in [2.24, 2.45) is 0 Å². The minimum absolute atomic E-state index is 0.155. The average molecular weight is 532 g/mol. The second-order valence-electron chi connectivity index (χ2n) is 8.83. The Morgan fingerprint density at radius 3 is 2.59 bits per heavy atom. The van der Waals surface area contributed by atoms with Crippen LogP contribution in [0.4, 0.5) is 24.7 Å². The Labute approximate surface area is 215 Å². The summed E-state index contributed by atoms with van der Waals surface area (Å²) in [5.41, 5.74) is -1.09. The highest BCUT2D eigenvalue weighted by molar-refractivity contribution is 6.20. The van der Waals surface area contributed by atoms with Crippen LogP contribution in [0, 0.1) is 0 Å². The first-order chi connectivity index (χ1) is 17.6. The van der Waals surface area contributed by atoms with Crippen LogP contribution in [-0.4, -0.2) is 58.6 Å². The number of anilines is 2. The minimum atomic E-state index is -3.85. The Hall–Kier alpha value is -3.86. The van der Waals surface area contributed by atoms with Gasteiger partial charge in [0.05, 0.1) is 29.9 Å². The summed E-state index contributed by atoms with van der Waals surface area (Å²) in [5.74, 6) is -0.350. The van der Waals surface area contributed by atoms with Gasteiger partial charge in [0.1, 0.15) is 17.7 Å². The third kappa shape index (κ3) is 5.31. The molecule has 0 bridgehead atoms.